The van der Waals surface area contributed by atoms with Gasteiger partial charge < -0.3 is 15.2 Å². The Morgan fingerprint density at radius 2 is 1.90 bits per heavy atom. The Morgan fingerprint density at radius 1 is 1.20 bits per heavy atom. The van der Waals surface area contributed by atoms with Gasteiger partial charge in [-0.3, -0.25) is 5.41 Å². The zero-order chi connectivity index (χ0) is 14.7. The van der Waals surface area contributed by atoms with Gasteiger partial charge in [-0.1, -0.05) is 11.6 Å². The Bertz CT molecular complexity index is 662. The molecule has 0 heterocycles. The van der Waals surface area contributed by atoms with Crippen LogP contribution in [-0.4, -0.2) is 12.9 Å². The second-order valence-electron chi connectivity index (χ2n) is 3.95. The van der Waals surface area contributed by atoms with E-state index < -0.39 is 5.82 Å². The molecule has 0 radical (unpaired) electrons. The minimum absolute atomic E-state index is 0.00906. The molecule has 0 aliphatic carbocycles. The Labute approximate surface area is 120 Å². The van der Waals surface area contributed by atoms with Crippen molar-refractivity contribution >= 4 is 17.4 Å². The summed E-state index contributed by atoms with van der Waals surface area (Å²) in [5.41, 5.74) is 5.87. The molecule has 0 atom stereocenters. The molecule has 3 N–H and O–H groups in total. The predicted octanol–water partition coefficient (Wildman–Crippen LogP) is 3.56. The largest absolute Gasteiger partial charge is 0.497 e. The van der Waals surface area contributed by atoms with Crippen molar-refractivity contribution in [2.45, 2.75) is 0 Å². The zero-order valence-corrected chi connectivity index (χ0v) is 11.4. The molecule has 2 aromatic carbocycles. The quantitative estimate of drug-likeness (QED) is 0.669. The highest BCUT2D eigenvalue weighted by molar-refractivity contribution is 6.30. The van der Waals surface area contributed by atoms with Gasteiger partial charge in [-0.2, -0.15) is 0 Å². The lowest BCUT2D eigenvalue weighted by atomic mass is 10.1. The fourth-order valence-electron chi connectivity index (χ4n) is 1.60. The van der Waals surface area contributed by atoms with Crippen molar-refractivity contribution in [3.63, 3.8) is 0 Å². The van der Waals surface area contributed by atoms with Gasteiger partial charge in [0.05, 0.1) is 17.7 Å². The first-order valence-electron chi connectivity index (χ1n) is 5.66. The fraction of sp³-hybridized carbons (Fsp3) is 0.0714. The Hall–Kier alpha value is -2.27. The minimum atomic E-state index is -0.587. The Kier molecular flexibility index (Phi) is 4.10. The molecule has 2 rings (SSSR count). The first kappa shape index (κ1) is 14.1. The average Bonchev–Trinajstić information content (AvgIpc) is 2.42. The number of nitrogens with two attached hydrogens (primary N) is 1. The summed E-state index contributed by atoms with van der Waals surface area (Å²) in [5.74, 6) is 0.356. The molecule has 0 spiro atoms. The minimum Gasteiger partial charge on any atom is -0.497 e. The number of halogens is 2. The van der Waals surface area contributed by atoms with E-state index in [-0.39, 0.29) is 16.6 Å². The van der Waals surface area contributed by atoms with Crippen molar-refractivity contribution in [3.8, 4) is 17.2 Å². The summed E-state index contributed by atoms with van der Waals surface area (Å²) >= 11 is 5.61. The molecular weight excluding hydrogens is 283 g/mol. The van der Waals surface area contributed by atoms with Gasteiger partial charge in [-0.15, -0.1) is 0 Å². The number of ether oxygens (including phenoxy) is 2. The summed E-state index contributed by atoms with van der Waals surface area (Å²) in [6, 6.07) is 8.90. The second kappa shape index (κ2) is 5.79. The third kappa shape index (κ3) is 3.00. The van der Waals surface area contributed by atoms with Gasteiger partial charge in [0, 0.05) is 12.1 Å². The molecule has 4 nitrogen and oxygen atoms in total. The van der Waals surface area contributed by atoms with Crippen LogP contribution in [0.2, 0.25) is 5.02 Å². The van der Waals surface area contributed by atoms with Crippen molar-refractivity contribution in [2.24, 2.45) is 5.73 Å². The predicted molar refractivity (Wildman–Crippen MR) is 75.5 cm³/mol. The molecule has 0 bridgehead atoms. The van der Waals surface area contributed by atoms with Crippen molar-refractivity contribution in [1.82, 2.24) is 0 Å². The number of rotatable bonds is 4. The molecule has 6 heteroatoms. The summed E-state index contributed by atoms with van der Waals surface area (Å²) in [5, 5.41) is 7.52. The van der Waals surface area contributed by atoms with E-state index in [1.165, 1.54) is 19.2 Å². The van der Waals surface area contributed by atoms with E-state index in [0.717, 1.165) is 6.07 Å². The summed E-state index contributed by atoms with van der Waals surface area (Å²) in [6.07, 6.45) is 0. The number of methoxy groups -OCH3 is 1. The van der Waals surface area contributed by atoms with E-state index in [9.17, 15) is 4.39 Å². The summed E-state index contributed by atoms with van der Waals surface area (Å²) in [7, 11) is 1.51. The van der Waals surface area contributed by atoms with Crippen LogP contribution >= 0.6 is 11.6 Å². The van der Waals surface area contributed by atoms with Crippen LogP contribution in [0.5, 0.6) is 17.2 Å². The summed E-state index contributed by atoms with van der Waals surface area (Å²) < 4.78 is 24.0. The third-order valence-corrected chi connectivity index (χ3v) is 2.90. The molecule has 0 aromatic heterocycles. The Balaban J connectivity index is 2.40. The van der Waals surface area contributed by atoms with Crippen molar-refractivity contribution < 1.29 is 13.9 Å². The lowest BCUT2D eigenvalue weighted by Gasteiger charge is -2.12. The Morgan fingerprint density at radius 3 is 2.50 bits per heavy atom. The van der Waals surface area contributed by atoms with Crippen LogP contribution < -0.4 is 15.2 Å². The zero-order valence-electron chi connectivity index (χ0n) is 10.6. The third-order valence-electron chi connectivity index (χ3n) is 2.60. The normalized spacial score (nSPS) is 10.2. The van der Waals surface area contributed by atoms with E-state index in [2.05, 4.69) is 0 Å². The molecule has 0 saturated heterocycles. The van der Waals surface area contributed by atoms with Crippen LogP contribution in [0.3, 0.4) is 0 Å². The highest BCUT2D eigenvalue weighted by Crippen LogP contribution is 2.30. The molecule has 0 saturated carbocycles. The van der Waals surface area contributed by atoms with Crippen molar-refractivity contribution in [1.29, 1.82) is 5.41 Å². The molecular formula is C14H12ClFN2O2. The standard InChI is InChI=1S/C14H12ClFN2O2/c1-19-8-2-4-10(14(17)18)13(7-8)20-9-3-5-11(15)12(16)6-9/h2-7H,1H3,(H3,17,18). The second-order valence-corrected chi connectivity index (χ2v) is 4.36. The first-order valence-corrected chi connectivity index (χ1v) is 6.04. The van der Waals surface area contributed by atoms with Gasteiger partial charge in [-0.25, -0.2) is 4.39 Å². The van der Waals surface area contributed by atoms with E-state index >= 15 is 0 Å². The molecule has 0 amide bonds. The van der Waals surface area contributed by atoms with Gasteiger partial charge in [0.15, 0.2) is 0 Å². The SMILES string of the molecule is COc1ccc(C(=N)N)c(Oc2ccc(Cl)c(F)c2)c1. The number of amidine groups is 1. The maximum atomic E-state index is 13.4. The van der Waals surface area contributed by atoms with Crippen LogP contribution in [0.4, 0.5) is 4.39 Å². The van der Waals surface area contributed by atoms with Gasteiger partial charge in [0.25, 0.3) is 0 Å². The van der Waals surface area contributed by atoms with Crippen LogP contribution in [-0.2, 0) is 0 Å². The number of hydrogen-bond acceptors (Lipinski definition) is 3. The number of benzene rings is 2. The molecule has 2 aromatic rings. The van der Waals surface area contributed by atoms with Gasteiger partial charge in [-0.05, 0) is 24.3 Å². The molecule has 0 aliphatic heterocycles. The summed E-state index contributed by atoms with van der Waals surface area (Å²) in [6.45, 7) is 0. The smallest absolute Gasteiger partial charge is 0.145 e. The average molecular weight is 295 g/mol. The van der Waals surface area contributed by atoms with Crippen LogP contribution in [0.25, 0.3) is 0 Å². The van der Waals surface area contributed by atoms with Gasteiger partial charge in [0.1, 0.15) is 28.9 Å². The van der Waals surface area contributed by atoms with Gasteiger partial charge >= 0.3 is 0 Å². The molecule has 0 aliphatic rings. The van der Waals surface area contributed by atoms with Gasteiger partial charge in [0.2, 0.25) is 0 Å². The van der Waals surface area contributed by atoms with E-state index in [4.69, 9.17) is 32.2 Å². The van der Waals surface area contributed by atoms with E-state index in [0.29, 0.717) is 17.1 Å². The first-order chi connectivity index (χ1) is 9.51. The van der Waals surface area contributed by atoms with Crippen LogP contribution in [0.1, 0.15) is 5.56 Å². The molecule has 0 unspecified atom stereocenters. The van der Waals surface area contributed by atoms with E-state index in [1.807, 2.05) is 0 Å². The highest BCUT2D eigenvalue weighted by Gasteiger charge is 2.11. The summed E-state index contributed by atoms with van der Waals surface area (Å²) in [4.78, 5) is 0. The fourth-order valence-corrected chi connectivity index (χ4v) is 1.72. The number of nitrogens with one attached hydrogen (secondary N) is 1. The number of hydrogen-bond donors (Lipinski definition) is 2. The topological polar surface area (TPSA) is 68.3 Å². The van der Waals surface area contributed by atoms with Crippen molar-refractivity contribution in [2.75, 3.05) is 7.11 Å². The lowest BCUT2D eigenvalue weighted by molar-refractivity contribution is 0.408. The van der Waals surface area contributed by atoms with Crippen LogP contribution in [0.15, 0.2) is 36.4 Å². The van der Waals surface area contributed by atoms with E-state index in [1.54, 1.807) is 18.2 Å². The maximum Gasteiger partial charge on any atom is 0.145 e. The number of nitrogen functional groups attached to an aromatic ring is 1. The maximum absolute atomic E-state index is 13.4. The molecule has 0 fully saturated rings. The monoisotopic (exact) mass is 294 g/mol. The lowest BCUT2D eigenvalue weighted by Crippen LogP contribution is -2.12. The van der Waals surface area contributed by atoms with Crippen molar-refractivity contribution in [3.05, 3.63) is 52.8 Å². The van der Waals surface area contributed by atoms with Crippen LogP contribution in [0, 0.1) is 11.2 Å². The molecule has 104 valence electrons. The highest BCUT2D eigenvalue weighted by atomic mass is 35.5. The molecule has 20 heavy (non-hydrogen) atoms.